The van der Waals surface area contributed by atoms with Crippen LogP contribution in [0.1, 0.15) is 28.5 Å². The smallest absolute Gasteiger partial charge is 0.169 e. The van der Waals surface area contributed by atoms with Crippen molar-refractivity contribution in [3.05, 3.63) is 45.6 Å². The molecule has 0 saturated carbocycles. The van der Waals surface area contributed by atoms with Gasteiger partial charge in [-0.2, -0.15) is 0 Å². The van der Waals surface area contributed by atoms with Gasteiger partial charge in [-0.1, -0.05) is 6.07 Å². The number of thiophene rings is 1. The number of rotatable bonds is 7. The number of methoxy groups -OCH3 is 2. The summed E-state index contributed by atoms with van der Waals surface area (Å²) in [6.45, 7) is 2.80. The summed E-state index contributed by atoms with van der Waals surface area (Å²) in [6.07, 6.45) is 1.99. The standard InChI is InChI=1S/C21H29N3O2S2/c1-23(2)10-6-9-22-21(27)24-11-8-15-13-17(25-3)18(26-4)14-16(15)20(24)19-7-5-12-28-19/h5,7,12-14,20H,6,8-11H2,1-4H3,(H,22,27)/t20-/m0/s1. The minimum Gasteiger partial charge on any atom is -0.493 e. The lowest BCUT2D eigenvalue weighted by Gasteiger charge is -2.39. The van der Waals surface area contributed by atoms with E-state index in [4.69, 9.17) is 21.7 Å². The average Bonchev–Trinajstić information content (AvgIpc) is 3.23. The van der Waals surface area contributed by atoms with Crippen LogP contribution in [-0.2, 0) is 6.42 Å². The predicted octanol–water partition coefficient (Wildman–Crippen LogP) is 3.54. The molecule has 0 radical (unpaired) electrons. The fourth-order valence-electron chi connectivity index (χ4n) is 3.61. The molecule has 0 spiro atoms. The summed E-state index contributed by atoms with van der Waals surface area (Å²) < 4.78 is 11.1. The summed E-state index contributed by atoms with van der Waals surface area (Å²) in [6, 6.07) is 8.60. The van der Waals surface area contributed by atoms with Gasteiger partial charge in [0.25, 0.3) is 0 Å². The summed E-state index contributed by atoms with van der Waals surface area (Å²) in [5, 5.41) is 6.40. The van der Waals surface area contributed by atoms with Crippen molar-refractivity contribution in [2.24, 2.45) is 0 Å². The molecular weight excluding hydrogens is 390 g/mol. The number of ether oxygens (including phenoxy) is 2. The summed E-state index contributed by atoms with van der Waals surface area (Å²) >= 11 is 7.55. The van der Waals surface area contributed by atoms with E-state index in [0.717, 1.165) is 49.1 Å². The van der Waals surface area contributed by atoms with Gasteiger partial charge in [-0.25, -0.2) is 0 Å². The van der Waals surface area contributed by atoms with E-state index in [9.17, 15) is 0 Å². The summed E-state index contributed by atoms with van der Waals surface area (Å²) in [4.78, 5) is 5.78. The first kappa shape index (κ1) is 20.9. The highest BCUT2D eigenvalue weighted by Crippen LogP contribution is 2.42. The maximum Gasteiger partial charge on any atom is 0.169 e. The van der Waals surface area contributed by atoms with Crippen LogP contribution in [0.5, 0.6) is 11.5 Å². The Balaban J connectivity index is 1.87. The van der Waals surface area contributed by atoms with Crippen molar-refractivity contribution in [3.8, 4) is 11.5 Å². The van der Waals surface area contributed by atoms with Gasteiger partial charge in [0.05, 0.1) is 20.3 Å². The second-order valence-electron chi connectivity index (χ2n) is 7.16. The van der Waals surface area contributed by atoms with E-state index in [1.807, 2.05) is 0 Å². The van der Waals surface area contributed by atoms with Gasteiger partial charge in [-0.05, 0) is 80.4 Å². The molecule has 152 valence electrons. The van der Waals surface area contributed by atoms with Gasteiger partial charge < -0.3 is 24.6 Å². The van der Waals surface area contributed by atoms with Gasteiger partial charge in [-0.15, -0.1) is 11.3 Å². The first-order valence-electron chi connectivity index (χ1n) is 9.52. The van der Waals surface area contributed by atoms with E-state index in [-0.39, 0.29) is 6.04 Å². The number of hydrogen-bond acceptors (Lipinski definition) is 5. The van der Waals surface area contributed by atoms with Crippen LogP contribution in [0.2, 0.25) is 0 Å². The van der Waals surface area contributed by atoms with E-state index < -0.39 is 0 Å². The van der Waals surface area contributed by atoms with Crippen molar-refractivity contribution in [2.75, 3.05) is 47.9 Å². The second-order valence-corrected chi connectivity index (χ2v) is 8.52. The highest BCUT2D eigenvalue weighted by atomic mass is 32.1. The third-order valence-electron chi connectivity index (χ3n) is 5.01. The van der Waals surface area contributed by atoms with Crippen LogP contribution in [0, 0.1) is 0 Å². The van der Waals surface area contributed by atoms with Crippen LogP contribution >= 0.6 is 23.6 Å². The molecule has 1 aliphatic heterocycles. The highest BCUT2D eigenvalue weighted by Gasteiger charge is 2.32. The lowest BCUT2D eigenvalue weighted by atomic mass is 9.91. The van der Waals surface area contributed by atoms with Crippen molar-refractivity contribution in [1.82, 2.24) is 15.1 Å². The third kappa shape index (κ3) is 4.59. The molecule has 28 heavy (non-hydrogen) atoms. The summed E-state index contributed by atoms with van der Waals surface area (Å²) in [7, 11) is 7.55. The quantitative estimate of drug-likeness (QED) is 0.547. The zero-order chi connectivity index (χ0) is 20.1. The Bertz CT molecular complexity index is 793. The molecular formula is C21H29N3O2S2. The number of thiocarbonyl (C=S) groups is 1. The molecule has 1 aromatic heterocycles. The second kappa shape index (κ2) is 9.58. The first-order chi connectivity index (χ1) is 13.5. The Kier molecular flexibility index (Phi) is 7.15. The van der Waals surface area contributed by atoms with Crippen molar-refractivity contribution >= 4 is 28.7 Å². The summed E-state index contributed by atoms with van der Waals surface area (Å²) in [5.41, 5.74) is 2.53. The maximum absolute atomic E-state index is 5.79. The van der Waals surface area contributed by atoms with Gasteiger partial charge in [0.1, 0.15) is 0 Å². The Morgan fingerprint density at radius 3 is 2.68 bits per heavy atom. The molecule has 2 heterocycles. The van der Waals surface area contributed by atoms with Crippen molar-refractivity contribution in [2.45, 2.75) is 18.9 Å². The Labute approximate surface area is 177 Å². The Hall–Kier alpha value is -1.83. The number of nitrogens with zero attached hydrogens (tertiary/aromatic N) is 2. The van der Waals surface area contributed by atoms with Crippen molar-refractivity contribution in [3.63, 3.8) is 0 Å². The molecule has 0 saturated heterocycles. The number of hydrogen-bond donors (Lipinski definition) is 1. The average molecular weight is 420 g/mol. The molecule has 1 aliphatic rings. The lowest BCUT2D eigenvalue weighted by Crippen LogP contribution is -2.46. The zero-order valence-electron chi connectivity index (χ0n) is 17.0. The topological polar surface area (TPSA) is 37.0 Å². The molecule has 0 unspecified atom stereocenters. The van der Waals surface area contributed by atoms with Gasteiger partial charge in [-0.3, -0.25) is 0 Å². The van der Waals surface area contributed by atoms with E-state index in [2.05, 4.69) is 58.9 Å². The highest BCUT2D eigenvalue weighted by molar-refractivity contribution is 7.80. The predicted molar refractivity (Wildman–Crippen MR) is 120 cm³/mol. The minimum absolute atomic E-state index is 0.0948. The zero-order valence-corrected chi connectivity index (χ0v) is 18.7. The molecule has 1 N–H and O–H groups in total. The summed E-state index contributed by atoms with van der Waals surface area (Å²) in [5.74, 6) is 1.54. The number of nitrogens with one attached hydrogen (secondary N) is 1. The Morgan fingerprint density at radius 2 is 2.04 bits per heavy atom. The van der Waals surface area contributed by atoms with Gasteiger partial charge in [0, 0.05) is 18.0 Å². The molecule has 0 fully saturated rings. The van der Waals surface area contributed by atoms with Crippen molar-refractivity contribution < 1.29 is 9.47 Å². The minimum atomic E-state index is 0.0948. The van der Waals surface area contributed by atoms with Crippen molar-refractivity contribution in [1.29, 1.82) is 0 Å². The molecule has 1 atom stereocenters. The molecule has 5 nitrogen and oxygen atoms in total. The molecule has 2 aromatic rings. The van der Waals surface area contributed by atoms with Gasteiger partial charge in [0.15, 0.2) is 16.6 Å². The maximum atomic E-state index is 5.79. The molecule has 1 aromatic carbocycles. The van der Waals surface area contributed by atoms with Gasteiger partial charge in [0.2, 0.25) is 0 Å². The fraction of sp³-hybridized carbons (Fsp3) is 0.476. The number of benzene rings is 1. The van der Waals surface area contributed by atoms with E-state index in [1.54, 1.807) is 25.6 Å². The molecule has 3 rings (SSSR count). The third-order valence-corrected chi connectivity index (χ3v) is 6.31. The lowest BCUT2D eigenvalue weighted by molar-refractivity contribution is 0.325. The molecule has 7 heteroatoms. The normalized spacial score (nSPS) is 16.0. The SMILES string of the molecule is COc1cc2c(cc1OC)[C@@H](c1cccs1)N(C(=S)NCCCN(C)C)CC2. The number of fused-ring (bicyclic) bond motifs is 1. The molecule has 0 aliphatic carbocycles. The molecule has 0 bridgehead atoms. The van der Waals surface area contributed by atoms with Crippen LogP contribution in [0.3, 0.4) is 0 Å². The van der Waals surface area contributed by atoms with Crippen LogP contribution in [-0.4, -0.2) is 62.9 Å². The van der Waals surface area contributed by atoms with E-state index in [1.165, 1.54) is 16.0 Å². The van der Waals surface area contributed by atoms with E-state index in [0.29, 0.717) is 0 Å². The largest absolute Gasteiger partial charge is 0.493 e. The van der Waals surface area contributed by atoms with Crippen LogP contribution in [0.15, 0.2) is 29.6 Å². The van der Waals surface area contributed by atoms with E-state index >= 15 is 0 Å². The molecule has 0 amide bonds. The monoisotopic (exact) mass is 419 g/mol. The van der Waals surface area contributed by atoms with Crippen LogP contribution < -0.4 is 14.8 Å². The first-order valence-corrected chi connectivity index (χ1v) is 10.8. The van der Waals surface area contributed by atoms with Crippen LogP contribution in [0.4, 0.5) is 0 Å². The Morgan fingerprint density at radius 1 is 1.29 bits per heavy atom. The van der Waals surface area contributed by atoms with Crippen LogP contribution in [0.25, 0.3) is 0 Å². The van der Waals surface area contributed by atoms with Gasteiger partial charge >= 0.3 is 0 Å². The fourth-order valence-corrected chi connectivity index (χ4v) is 4.76.